The summed E-state index contributed by atoms with van der Waals surface area (Å²) in [6.45, 7) is 0. The van der Waals surface area contributed by atoms with Crippen molar-refractivity contribution in [2.75, 3.05) is 5.32 Å². The fraction of sp³-hybridized carbons (Fsp3) is 0. The van der Waals surface area contributed by atoms with E-state index >= 15 is 0 Å². The third-order valence-electron chi connectivity index (χ3n) is 2.23. The van der Waals surface area contributed by atoms with E-state index in [0.29, 0.717) is 5.69 Å². The number of carboxylic acid groups (broad SMARTS) is 1. The van der Waals surface area contributed by atoms with E-state index in [1.165, 1.54) is 12.1 Å². The predicted molar refractivity (Wildman–Crippen MR) is 62.6 cm³/mol. The summed E-state index contributed by atoms with van der Waals surface area (Å²) in [5.74, 6) is 0.0527. The molecule has 0 atom stereocenters. The van der Waals surface area contributed by atoms with Gasteiger partial charge in [0, 0.05) is 17.5 Å². The molecule has 1 aromatic carbocycles. The molecule has 5 heteroatoms. The number of benzene rings is 1. The SMILES string of the molecule is O=C=C(C(=O)O)C1=CN=Cc2ccccc2N1. The smallest absolute Gasteiger partial charge is 0.349 e. The van der Waals surface area contributed by atoms with Gasteiger partial charge in [-0.05, 0) is 6.07 Å². The Bertz CT molecular complexity index is 581. The van der Waals surface area contributed by atoms with Gasteiger partial charge in [-0.25, -0.2) is 9.59 Å². The maximum atomic E-state index is 10.8. The molecular formula is C12H8N2O3. The number of nitrogens with one attached hydrogen (secondary N) is 1. The van der Waals surface area contributed by atoms with E-state index in [1.54, 1.807) is 18.3 Å². The quantitative estimate of drug-likeness (QED) is 0.589. The molecule has 0 saturated heterocycles. The van der Waals surface area contributed by atoms with Crippen molar-refractivity contribution in [3.8, 4) is 0 Å². The Labute approximate surface area is 96.8 Å². The Morgan fingerprint density at radius 1 is 1.35 bits per heavy atom. The number of hydrogen-bond donors (Lipinski definition) is 2. The molecule has 1 aromatic rings. The molecule has 2 rings (SSSR count). The monoisotopic (exact) mass is 228 g/mol. The summed E-state index contributed by atoms with van der Waals surface area (Å²) >= 11 is 0. The minimum Gasteiger partial charge on any atom is -0.477 e. The number of carbonyl (C=O) groups excluding carboxylic acids is 1. The Balaban J connectivity index is 2.43. The second-order valence-corrected chi connectivity index (χ2v) is 3.32. The van der Waals surface area contributed by atoms with Crippen molar-refractivity contribution in [1.82, 2.24) is 0 Å². The van der Waals surface area contributed by atoms with E-state index in [2.05, 4.69) is 10.3 Å². The summed E-state index contributed by atoms with van der Waals surface area (Å²) in [5, 5.41) is 11.7. The van der Waals surface area contributed by atoms with E-state index in [1.807, 2.05) is 12.1 Å². The Morgan fingerprint density at radius 3 is 2.82 bits per heavy atom. The van der Waals surface area contributed by atoms with E-state index in [9.17, 15) is 9.59 Å². The second kappa shape index (κ2) is 4.47. The molecule has 0 bridgehead atoms. The van der Waals surface area contributed by atoms with Gasteiger partial charge in [-0.3, -0.25) is 4.99 Å². The van der Waals surface area contributed by atoms with Crippen molar-refractivity contribution < 1.29 is 14.7 Å². The number of fused-ring (bicyclic) bond motifs is 1. The highest BCUT2D eigenvalue weighted by molar-refractivity contribution is 6.02. The first-order valence-corrected chi connectivity index (χ1v) is 4.80. The van der Waals surface area contributed by atoms with Crippen LogP contribution in [-0.2, 0) is 9.59 Å². The fourth-order valence-corrected chi connectivity index (χ4v) is 1.43. The summed E-state index contributed by atoms with van der Waals surface area (Å²) in [5.41, 5.74) is 1.15. The molecule has 17 heavy (non-hydrogen) atoms. The molecule has 0 radical (unpaired) electrons. The van der Waals surface area contributed by atoms with Gasteiger partial charge in [-0.15, -0.1) is 0 Å². The lowest BCUT2D eigenvalue weighted by Gasteiger charge is -2.08. The zero-order chi connectivity index (χ0) is 12.3. The summed E-state index contributed by atoms with van der Waals surface area (Å²) < 4.78 is 0. The van der Waals surface area contributed by atoms with Crippen LogP contribution >= 0.6 is 0 Å². The van der Waals surface area contributed by atoms with Crippen LogP contribution in [-0.4, -0.2) is 23.2 Å². The molecule has 1 aliphatic heterocycles. The van der Waals surface area contributed by atoms with Gasteiger partial charge in [0.25, 0.3) is 0 Å². The molecule has 2 N–H and O–H groups in total. The number of anilines is 1. The van der Waals surface area contributed by atoms with Crippen molar-refractivity contribution in [1.29, 1.82) is 0 Å². The van der Waals surface area contributed by atoms with Crippen LogP contribution < -0.4 is 5.32 Å². The summed E-state index contributed by atoms with van der Waals surface area (Å²) in [6, 6.07) is 7.23. The third kappa shape index (κ3) is 2.14. The first-order chi connectivity index (χ1) is 8.22. The third-order valence-corrected chi connectivity index (χ3v) is 2.23. The highest BCUT2D eigenvalue weighted by atomic mass is 16.4. The number of hydrogen-bond acceptors (Lipinski definition) is 4. The largest absolute Gasteiger partial charge is 0.477 e. The summed E-state index contributed by atoms with van der Waals surface area (Å²) in [7, 11) is 0. The first kappa shape index (κ1) is 10.9. The van der Waals surface area contributed by atoms with Crippen LogP contribution in [0.3, 0.4) is 0 Å². The van der Waals surface area contributed by atoms with Crippen LogP contribution in [0.1, 0.15) is 5.56 Å². The van der Waals surface area contributed by atoms with E-state index in [-0.39, 0.29) is 5.70 Å². The molecule has 0 fully saturated rings. The minimum absolute atomic E-state index is 0.119. The Morgan fingerprint density at radius 2 is 2.12 bits per heavy atom. The van der Waals surface area contributed by atoms with Gasteiger partial charge in [-0.1, -0.05) is 18.2 Å². The molecule has 0 spiro atoms. The highest BCUT2D eigenvalue weighted by Crippen LogP contribution is 2.20. The van der Waals surface area contributed by atoms with Crippen molar-refractivity contribution in [3.63, 3.8) is 0 Å². The number of nitrogens with zero attached hydrogens (tertiary/aromatic N) is 1. The van der Waals surface area contributed by atoms with E-state index < -0.39 is 11.5 Å². The number of carbonyl (C=O) groups is 1. The topological polar surface area (TPSA) is 78.8 Å². The molecule has 0 aromatic heterocycles. The lowest BCUT2D eigenvalue weighted by atomic mass is 10.1. The molecule has 5 nitrogen and oxygen atoms in total. The number of para-hydroxylation sites is 1. The molecule has 84 valence electrons. The molecule has 1 heterocycles. The fourth-order valence-electron chi connectivity index (χ4n) is 1.43. The van der Waals surface area contributed by atoms with Gasteiger partial charge in [-0.2, -0.15) is 0 Å². The second-order valence-electron chi connectivity index (χ2n) is 3.32. The number of aliphatic imine (C=N–C) groups is 1. The zero-order valence-electron chi connectivity index (χ0n) is 8.68. The van der Waals surface area contributed by atoms with Crippen LogP contribution in [0.25, 0.3) is 0 Å². The highest BCUT2D eigenvalue weighted by Gasteiger charge is 2.17. The molecule has 0 amide bonds. The van der Waals surface area contributed by atoms with Crippen molar-refractivity contribution in [2.45, 2.75) is 0 Å². The van der Waals surface area contributed by atoms with Gasteiger partial charge < -0.3 is 10.4 Å². The van der Waals surface area contributed by atoms with Gasteiger partial charge in [0.1, 0.15) is 5.94 Å². The normalized spacial score (nSPS) is 12.6. The molecule has 0 aliphatic carbocycles. The summed E-state index contributed by atoms with van der Waals surface area (Å²) in [6.07, 6.45) is 2.87. The minimum atomic E-state index is -1.34. The van der Waals surface area contributed by atoms with Crippen LogP contribution in [0.15, 0.2) is 46.7 Å². The van der Waals surface area contributed by atoms with Crippen molar-refractivity contribution >= 4 is 23.8 Å². The van der Waals surface area contributed by atoms with Crippen LogP contribution in [0.2, 0.25) is 0 Å². The van der Waals surface area contributed by atoms with Gasteiger partial charge in [0.2, 0.25) is 0 Å². The summed E-state index contributed by atoms with van der Waals surface area (Å²) in [4.78, 5) is 25.3. The average molecular weight is 228 g/mol. The van der Waals surface area contributed by atoms with Gasteiger partial charge in [0.05, 0.1) is 11.9 Å². The number of rotatable bonds is 2. The molecule has 1 aliphatic rings. The lowest BCUT2D eigenvalue weighted by molar-refractivity contribution is -0.132. The zero-order valence-corrected chi connectivity index (χ0v) is 8.68. The number of aliphatic carboxylic acids is 1. The Kier molecular flexibility index (Phi) is 2.85. The predicted octanol–water partition coefficient (Wildman–Crippen LogP) is 1.21. The van der Waals surface area contributed by atoms with Crippen LogP contribution in [0.5, 0.6) is 0 Å². The van der Waals surface area contributed by atoms with E-state index in [4.69, 9.17) is 5.11 Å². The first-order valence-electron chi connectivity index (χ1n) is 4.80. The van der Waals surface area contributed by atoms with E-state index in [0.717, 1.165) is 5.56 Å². The average Bonchev–Trinajstić information content (AvgIpc) is 2.51. The maximum Gasteiger partial charge on any atom is 0.349 e. The lowest BCUT2D eigenvalue weighted by Crippen LogP contribution is -2.11. The van der Waals surface area contributed by atoms with Crippen molar-refractivity contribution in [3.05, 3.63) is 47.3 Å². The molecular weight excluding hydrogens is 220 g/mol. The Hall–Kier alpha value is -2.65. The van der Waals surface area contributed by atoms with Gasteiger partial charge in [0.15, 0.2) is 5.57 Å². The van der Waals surface area contributed by atoms with Crippen molar-refractivity contribution in [2.24, 2.45) is 4.99 Å². The molecule has 0 unspecified atom stereocenters. The molecule has 0 saturated carbocycles. The number of carboxylic acids is 1. The maximum absolute atomic E-state index is 10.8. The van der Waals surface area contributed by atoms with Gasteiger partial charge >= 0.3 is 5.97 Å². The van der Waals surface area contributed by atoms with Crippen LogP contribution in [0.4, 0.5) is 5.69 Å². The van der Waals surface area contributed by atoms with Crippen LogP contribution in [0, 0.1) is 0 Å². The standard InChI is InChI=1S/C12H8N2O3/c15-7-9(12(16)17)11-6-13-5-8-3-1-2-4-10(8)14-11/h1-6,14H,(H,16,17).